The fourth-order valence-electron chi connectivity index (χ4n) is 2.04. The Morgan fingerprint density at radius 1 is 1.24 bits per heavy atom. The molecule has 0 amide bonds. The Labute approximate surface area is 104 Å². The average molecular weight is 243 g/mol. The van der Waals surface area contributed by atoms with E-state index >= 15 is 0 Å². The summed E-state index contributed by atoms with van der Waals surface area (Å²) in [6, 6.07) is 0. The third kappa shape index (κ3) is 5.86. The SMILES string of the molecule is CN(C)CCCN1CCN(CC(N)=NO)CC1. The zero-order chi connectivity index (χ0) is 12.7. The molecule has 6 nitrogen and oxygen atoms in total. The summed E-state index contributed by atoms with van der Waals surface area (Å²) >= 11 is 0. The van der Waals surface area contributed by atoms with Crippen molar-refractivity contribution in [2.75, 3.05) is 59.9 Å². The van der Waals surface area contributed by atoms with Crippen LogP contribution in [0.25, 0.3) is 0 Å². The molecular formula is C11H25N5O. The van der Waals surface area contributed by atoms with Crippen molar-refractivity contribution < 1.29 is 5.21 Å². The fraction of sp³-hybridized carbons (Fsp3) is 0.909. The first kappa shape index (κ1) is 14.2. The maximum absolute atomic E-state index is 8.51. The standard InChI is InChI=1S/C11H25N5O/c1-14(2)4-3-5-15-6-8-16(9-7-15)10-11(12)13-17/h17H,3-10H2,1-2H3,(H2,12,13). The second-order valence-corrected chi connectivity index (χ2v) is 4.87. The summed E-state index contributed by atoms with van der Waals surface area (Å²) in [7, 11) is 4.21. The Kier molecular flexibility index (Phi) is 6.25. The third-order valence-corrected chi connectivity index (χ3v) is 3.06. The predicted molar refractivity (Wildman–Crippen MR) is 69.5 cm³/mol. The van der Waals surface area contributed by atoms with Crippen LogP contribution in [0.15, 0.2) is 5.16 Å². The van der Waals surface area contributed by atoms with Crippen molar-refractivity contribution in [1.82, 2.24) is 14.7 Å². The van der Waals surface area contributed by atoms with Gasteiger partial charge in [0.15, 0.2) is 5.84 Å². The van der Waals surface area contributed by atoms with Gasteiger partial charge in [0.2, 0.25) is 0 Å². The van der Waals surface area contributed by atoms with E-state index in [0.717, 1.165) is 39.3 Å². The van der Waals surface area contributed by atoms with Gasteiger partial charge in [-0.15, -0.1) is 0 Å². The molecule has 0 saturated carbocycles. The molecular weight excluding hydrogens is 218 g/mol. The maximum atomic E-state index is 8.51. The van der Waals surface area contributed by atoms with Gasteiger partial charge in [-0.3, -0.25) is 4.90 Å². The summed E-state index contributed by atoms with van der Waals surface area (Å²) in [5.41, 5.74) is 5.49. The topological polar surface area (TPSA) is 68.3 Å². The second-order valence-electron chi connectivity index (χ2n) is 4.87. The number of amidine groups is 1. The van der Waals surface area contributed by atoms with E-state index in [4.69, 9.17) is 10.9 Å². The summed E-state index contributed by atoms with van der Waals surface area (Å²) in [6.45, 7) is 7.02. The highest BCUT2D eigenvalue weighted by molar-refractivity contribution is 5.81. The van der Waals surface area contributed by atoms with Crippen LogP contribution in [0, 0.1) is 0 Å². The molecule has 1 aliphatic heterocycles. The Hall–Kier alpha value is -0.850. The van der Waals surface area contributed by atoms with Gasteiger partial charge < -0.3 is 20.7 Å². The lowest BCUT2D eigenvalue weighted by molar-refractivity contribution is 0.140. The first-order valence-electron chi connectivity index (χ1n) is 6.17. The minimum absolute atomic E-state index is 0.297. The lowest BCUT2D eigenvalue weighted by Gasteiger charge is -2.34. The monoisotopic (exact) mass is 243 g/mol. The van der Waals surface area contributed by atoms with Crippen molar-refractivity contribution in [2.24, 2.45) is 10.9 Å². The van der Waals surface area contributed by atoms with Gasteiger partial charge in [-0.1, -0.05) is 5.16 Å². The molecule has 1 rings (SSSR count). The van der Waals surface area contributed by atoms with E-state index in [1.54, 1.807) is 0 Å². The molecule has 0 atom stereocenters. The van der Waals surface area contributed by atoms with Gasteiger partial charge in [-0.25, -0.2) is 0 Å². The molecule has 0 aromatic carbocycles. The maximum Gasteiger partial charge on any atom is 0.153 e. The molecule has 0 aromatic rings. The van der Waals surface area contributed by atoms with Crippen LogP contribution in [0.2, 0.25) is 0 Å². The zero-order valence-electron chi connectivity index (χ0n) is 11.0. The molecule has 1 fully saturated rings. The van der Waals surface area contributed by atoms with Crippen LogP contribution in [0.3, 0.4) is 0 Å². The molecule has 1 aliphatic rings. The van der Waals surface area contributed by atoms with Gasteiger partial charge in [-0.2, -0.15) is 0 Å². The number of nitrogens with two attached hydrogens (primary N) is 1. The van der Waals surface area contributed by atoms with Gasteiger partial charge in [0.05, 0.1) is 6.54 Å². The summed E-state index contributed by atoms with van der Waals surface area (Å²) in [4.78, 5) is 6.92. The molecule has 100 valence electrons. The predicted octanol–water partition coefficient (Wildman–Crippen LogP) is -0.698. The molecule has 0 aromatic heterocycles. The Balaban J connectivity index is 2.13. The van der Waals surface area contributed by atoms with Gasteiger partial charge in [0, 0.05) is 26.2 Å². The number of oxime groups is 1. The lowest BCUT2D eigenvalue weighted by Crippen LogP contribution is -2.49. The Morgan fingerprint density at radius 2 is 1.82 bits per heavy atom. The number of hydrogen-bond acceptors (Lipinski definition) is 5. The van der Waals surface area contributed by atoms with Crippen molar-refractivity contribution in [3.63, 3.8) is 0 Å². The summed E-state index contributed by atoms with van der Waals surface area (Å²) in [5.74, 6) is 0.297. The molecule has 0 aliphatic carbocycles. The van der Waals surface area contributed by atoms with Crippen LogP contribution < -0.4 is 5.73 Å². The third-order valence-electron chi connectivity index (χ3n) is 3.06. The minimum Gasteiger partial charge on any atom is -0.409 e. The van der Waals surface area contributed by atoms with Gasteiger partial charge in [-0.05, 0) is 33.6 Å². The van der Waals surface area contributed by atoms with Gasteiger partial charge in [0.1, 0.15) is 0 Å². The zero-order valence-corrected chi connectivity index (χ0v) is 11.0. The Bertz CT molecular complexity index is 236. The summed E-state index contributed by atoms with van der Waals surface area (Å²) < 4.78 is 0. The largest absolute Gasteiger partial charge is 0.409 e. The highest BCUT2D eigenvalue weighted by Gasteiger charge is 2.16. The molecule has 0 spiro atoms. The summed E-state index contributed by atoms with van der Waals surface area (Å²) in [5, 5.41) is 11.5. The number of hydrogen-bond donors (Lipinski definition) is 2. The Morgan fingerprint density at radius 3 is 2.35 bits per heavy atom. The molecule has 1 heterocycles. The van der Waals surface area contributed by atoms with E-state index in [9.17, 15) is 0 Å². The van der Waals surface area contributed by atoms with E-state index in [2.05, 4.69) is 34.0 Å². The molecule has 0 unspecified atom stereocenters. The summed E-state index contributed by atoms with van der Waals surface area (Å²) in [6.07, 6.45) is 1.22. The van der Waals surface area contributed by atoms with Crippen molar-refractivity contribution in [1.29, 1.82) is 0 Å². The van der Waals surface area contributed by atoms with Crippen molar-refractivity contribution >= 4 is 5.84 Å². The van der Waals surface area contributed by atoms with E-state index in [-0.39, 0.29) is 0 Å². The highest BCUT2D eigenvalue weighted by atomic mass is 16.4. The lowest BCUT2D eigenvalue weighted by atomic mass is 10.3. The smallest absolute Gasteiger partial charge is 0.153 e. The number of rotatable bonds is 6. The van der Waals surface area contributed by atoms with Crippen molar-refractivity contribution in [3.05, 3.63) is 0 Å². The molecule has 3 N–H and O–H groups in total. The first-order valence-corrected chi connectivity index (χ1v) is 6.17. The van der Waals surface area contributed by atoms with Crippen LogP contribution in [0.4, 0.5) is 0 Å². The van der Waals surface area contributed by atoms with E-state index in [1.807, 2.05) is 0 Å². The van der Waals surface area contributed by atoms with E-state index < -0.39 is 0 Å². The molecule has 0 bridgehead atoms. The average Bonchev–Trinajstić information content (AvgIpc) is 2.31. The van der Waals surface area contributed by atoms with Crippen LogP contribution >= 0.6 is 0 Å². The molecule has 17 heavy (non-hydrogen) atoms. The molecule has 6 heteroatoms. The van der Waals surface area contributed by atoms with Crippen LogP contribution in [0.5, 0.6) is 0 Å². The van der Waals surface area contributed by atoms with Gasteiger partial charge >= 0.3 is 0 Å². The fourth-order valence-corrected chi connectivity index (χ4v) is 2.04. The first-order chi connectivity index (χ1) is 8.11. The second kappa shape index (κ2) is 7.47. The van der Waals surface area contributed by atoms with E-state index in [0.29, 0.717) is 12.4 Å². The number of piperazine rings is 1. The van der Waals surface area contributed by atoms with Crippen LogP contribution in [-0.2, 0) is 0 Å². The molecule has 0 radical (unpaired) electrons. The van der Waals surface area contributed by atoms with Crippen LogP contribution in [0.1, 0.15) is 6.42 Å². The van der Waals surface area contributed by atoms with Crippen LogP contribution in [-0.4, -0.2) is 85.7 Å². The number of nitrogens with zero attached hydrogens (tertiary/aromatic N) is 4. The van der Waals surface area contributed by atoms with Crippen molar-refractivity contribution in [2.45, 2.75) is 6.42 Å². The normalized spacial score (nSPS) is 20.1. The minimum atomic E-state index is 0.297. The molecule has 1 saturated heterocycles. The quantitative estimate of drug-likeness (QED) is 0.279. The van der Waals surface area contributed by atoms with Gasteiger partial charge in [0.25, 0.3) is 0 Å². The highest BCUT2D eigenvalue weighted by Crippen LogP contribution is 2.02. The van der Waals surface area contributed by atoms with E-state index in [1.165, 1.54) is 6.42 Å². The van der Waals surface area contributed by atoms with Crippen molar-refractivity contribution in [3.8, 4) is 0 Å².